The minimum Gasteiger partial charge on any atom is -0.493 e. The standard InChI is InChI=1S/C16H26N2O2/c1-4-8-18-9-7-13(11-17)16(18)12-5-6-14(19-2)15(10-12)20-3/h5-6,10,13,16H,4,7-9,11,17H2,1-3H3. The molecule has 0 aliphatic carbocycles. The van der Waals surface area contributed by atoms with E-state index in [1.807, 2.05) is 6.07 Å². The fourth-order valence-electron chi connectivity index (χ4n) is 3.23. The van der Waals surface area contributed by atoms with Crippen molar-refractivity contribution in [2.24, 2.45) is 11.7 Å². The number of nitrogens with two attached hydrogens (primary N) is 1. The van der Waals surface area contributed by atoms with Gasteiger partial charge in [-0.1, -0.05) is 13.0 Å². The number of rotatable bonds is 6. The smallest absolute Gasteiger partial charge is 0.161 e. The molecule has 2 unspecified atom stereocenters. The summed E-state index contributed by atoms with van der Waals surface area (Å²) in [6.45, 7) is 5.21. The summed E-state index contributed by atoms with van der Waals surface area (Å²) < 4.78 is 10.7. The molecule has 1 saturated heterocycles. The Morgan fingerprint density at radius 1 is 1.25 bits per heavy atom. The molecule has 1 heterocycles. The summed E-state index contributed by atoms with van der Waals surface area (Å²) in [6, 6.07) is 6.63. The van der Waals surface area contributed by atoms with Gasteiger partial charge in [-0.05, 0) is 56.1 Å². The molecule has 4 nitrogen and oxygen atoms in total. The van der Waals surface area contributed by atoms with Gasteiger partial charge in [-0.25, -0.2) is 0 Å². The Morgan fingerprint density at radius 2 is 2.00 bits per heavy atom. The molecule has 1 aromatic carbocycles. The van der Waals surface area contributed by atoms with E-state index in [9.17, 15) is 0 Å². The second kappa shape index (κ2) is 6.95. The lowest BCUT2D eigenvalue weighted by Crippen LogP contribution is -2.28. The molecule has 20 heavy (non-hydrogen) atoms. The number of hydrogen-bond acceptors (Lipinski definition) is 4. The maximum atomic E-state index is 5.96. The Hall–Kier alpha value is -1.26. The van der Waals surface area contributed by atoms with Crippen LogP contribution in [-0.4, -0.2) is 38.8 Å². The van der Waals surface area contributed by atoms with Crippen LogP contribution in [0.15, 0.2) is 18.2 Å². The van der Waals surface area contributed by atoms with Crippen molar-refractivity contribution < 1.29 is 9.47 Å². The molecule has 1 aromatic rings. The average Bonchev–Trinajstić information content (AvgIpc) is 2.89. The van der Waals surface area contributed by atoms with Crippen molar-refractivity contribution >= 4 is 0 Å². The largest absolute Gasteiger partial charge is 0.493 e. The molecule has 112 valence electrons. The van der Waals surface area contributed by atoms with E-state index in [-0.39, 0.29) is 0 Å². The Morgan fingerprint density at radius 3 is 2.60 bits per heavy atom. The molecule has 2 rings (SSSR count). The van der Waals surface area contributed by atoms with Gasteiger partial charge in [0.05, 0.1) is 14.2 Å². The van der Waals surface area contributed by atoms with Crippen molar-refractivity contribution in [3.63, 3.8) is 0 Å². The highest BCUT2D eigenvalue weighted by atomic mass is 16.5. The molecule has 0 spiro atoms. The van der Waals surface area contributed by atoms with Gasteiger partial charge in [0.2, 0.25) is 0 Å². The Kier molecular flexibility index (Phi) is 5.26. The van der Waals surface area contributed by atoms with Crippen molar-refractivity contribution in [3.05, 3.63) is 23.8 Å². The molecular weight excluding hydrogens is 252 g/mol. The van der Waals surface area contributed by atoms with Gasteiger partial charge in [0.1, 0.15) is 0 Å². The molecule has 1 fully saturated rings. The second-order valence-corrected chi connectivity index (χ2v) is 5.38. The zero-order chi connectivity index (χ0) is 14.5. The number of ether oxygens (including phenoxy) is 2. The summed E-state index contributed by atoms with van der Waals surface area (Å²) in [5.74, 6) is 2.10. The second-order valence-electron chi connectivity index (χ2n) is 5.38. The molecule has 1 aliphatic heterocycles. The highest BCUT2D eigenvalue weighted by molar-refractivity contribution is 5.44. The van der Waals surface area contributed by atoms with Gasteiger partial charge in [-0.2, -0.15) is 0 Å². The van der Waals surface area contributed by atoms with Crippen LogP contribution in [0.1, 0.15) is 31.4 Å². The fourth-order valence-corrected chi connectivity index (χ4v) is 3.23. The van der Waals surface area contributed by atoms with E-state index in [0.717, 1.165) is 31.1 Å². The third kappa shape index (κ3) is 2.91. The molecule has 1 aliphatic rings. The molecule has 0 radical (unpaired) electrons. The van der Waals surface area contributed by atoms with Crippen LogP contribution >= 0.6 is 0 Å². The van der Waals surface area contributed by atoms with E-state index < -0.39 is 0 Å². The van der Waals surface area contributed by atoms with Crippen LogP contribution in [0.25, 0.3) is 0 Å². The van der Waals surface area contributed by atoms with Gasteiger partial charge >= 0.3 is 0 Å². The van der Waals surface area contributed by atoms with Crippen LogP contribution in [-0.2, 0) is 0 Å². The van der Waals surface area contributed by atoms with Crippen LogP contribution in [0, 0.1) is 5.92 Å². The zero-order valence-electron chi connectivity index (χ0n) is 12.8. The number of likely N-dealkylation sites (tertiary alicyclic amines) is 1. The van der Waals surface area contributed by atoms with E-state index in [2.05, 4.69) is 24.0 Å². The fraction of sp³-hybridized carbons (Fsp3) is 0.625. The topological polar surface area (TPSA) is 47.7 Å². The van der Waals surface area contributed by atoms with Gasteiger partial charge in [-0.3, -0.25) is 4.90 Å². The number of nitrogens with zero attached hydrogens (tertiary/aromatic N) is 1. The first kappa shape index (κ1) is 15.1. The van der Waals surface area contributed by atoms with Crippen LogP contribution in [0.4, 0.5) is 0 Å². The molecule has 2 N–H and O–H groups in total. The van der Waals surface area contributed by atoms with E-state index >= 15 is 0 Å². The van der Waals surface area contributed by atoms with E-state index in [1.54, 1.807) is 14.2 Å². The van der Waals surface area contributed by atoms with Gasteiger partial charge in [0.25, 0.3) is 0 Å². The first-order valence-corrected chi connectivity index (χ1v) is 7.41. The quantitative estimate of drug-likeness (QED) is 0.868. The van der Waals surface area contributed by atoms with Crippen molar-refractivity contribution in [1.29, 1.82) is 0 Å². The Bertz CT molecular complexity index is 436. The van der Waals surface area contributed by atoms with Gasteiger partial charge in [-0.15, -0.1) is 0 Å². The minimum absolute atomic E-state index is 0.403. The predicted molar refractivity (Wildman–Crippen MR) is 81.3 cm³/mol. The van der Waals surface area contributed by atoms with Crippen molar-refractivity contribution in [2.45, 2.75) is 25.8 Å². The number of benzene rings is 1. The summed E-state index contributed by atoms with van der Waals surface area (Å²) in [6.07, 6.45) is 2.34. The lowest BCUT2D eigenvalue weighted by molar-refractivity contribution is 0.230. The molecule has 2 atom stereocenters. The molecular formula is C16H26N2O2. The normalized spacial score (nSPS) is 23.0. The minimum atomic E-state index is 0.403. The maximum absolute atomic E-state index is 5.96. The first-order valence-electron chi connectivity index (χ1n) is 7.41. The lowest BCUT2D eigenvalue weighted by atomic mass is 9.93. The van der Waals surface area contributed by atoms with Gasteiger partial charge in [0, 0.05) is 6.04 Å². The number of hydrogen-bond donors (Lipinski definition) is 1. The maximum Gasteiger partial charge on any atom is 0.161 e. The molecule has 0 saturated carbocycles. The zero-order valence-corrected chi connectivity index (χ0v) is 12.8. The van der Waals surface area contributed by atoms with Crippen LogP contribution < -0.4 is 15.2 Å². The van der Waals surface area contributed by atoms with Crippen molar-refractivity contribution in [3.8, 4) is 11.5 Å². The predicted octanol–water partition coefficient (Wildman–Crippen LogP) is 2.44. The first-order chi connectivity index (χ1) is 9.74. The van der Waals surface area contributed by atoms with Crippen molar-refractivity contribution in [1.82, 2.24) is 4.90 Å². The van der Waals surface area contributed by atoms with E-state index in [0.29, 0.717) is 12.0 Å². The number of methoxy groups -OCH3 is 2. The van der Waals surface area contributed by atoms with E-state index in [1.165, 1.54) is 18.4 Å². The molecule has 4 heteroatoms. The van der Waals surface area contributed by atoms with Crippen LogP contribution in [0.3, 0.4) is 0 Å². The van der Waals surface area contributed by atoms with Gasteiger partial charge < -0.3 is 15.2 Å². The van der Waals surface area contributed by atoms with Crippen LogP contribution in [0.2, 0.25) is 0 Å². The molecule has 0 bridgehead atoms. The third-order valence-corrected chi connectivity index (χ3v) is 4.19. The summed E-state index contributed by atoms with van der Waals surface area (Å²) in [5.41, 5.74) is 7.25. The Labute approximate surface area is 121 Å². The van der Waals surface area contributed by atoms with Crippen molar-refractivity contribution in [2.75, 3.05) is 33.9 Å². The summed E-state index contributed by atoms with van der Waals surface area (Å²) in [4.78, 5) is 2.54. The summed E-state index contributed by atoms with van der Waals surface area (Å²) in [7, 11) is 3.35. The van der Waals surface area contributed by atoms with Crippen LogP contribution in [0.5, 0.6) is 11.5 Å². The average molecular weight is 278 g/mol. The van der Waals surface area contributed by atoms with Gasteiger partial charge in [0.15, 0.2) is 11.5 Å². The highest BCUT2D eigenvalue weighted by Gasteiger charge is 2.34. The highest BCUT2D eigenvalue weighted by Crippen LogP contribution is 2.39. The molecule has 0 amide bonds. The third-order valence-electron chi connectivity index (χ3n) is 4.19. The SMILES string of the molecule is CCCN1CCC(CN)C1c1ccc(OC)c(OC)c1. The lowest BCUT2D eigenvalue weighted by Gasteiger charge is -2.28. The molecule has 0 aromatic heterocycles. The summed E-state index contributed by atoms with van der Waals surface area (Å²) >= 11 is 0. The van der Waals surface area contributed by atoms with E-state index in [4.69, 9.17) is 15.2 Å². The Balaban J connectivity index is 2.31. The summed E-state index contributed by atoms with van der Waals surface area (Å²) in [5, 5.41) is 0. The monoisotopic (exact) mass is 278 g/mol.